The summed E-state index contributed by atoms with van der Waals surface area (Å²) in [5.74, 6) is 0.137. The van der Waals surface area contributed by atoms with Crippen molar-refractivity contribution in [3.8, 4) is 5.88 Å². The molecule has 1 aliphatic rings. The third kappa shape index (κ3) is 1.83. The van der Waals surface area contributed by atoms with Crippen LogP contribution in [-0.2, 0) is 0 Å². The zero-order valence-corrected chi connectivity index (χ0v) is 9.29. The summed E-state index contributed by atoms with van der Waals surface area (Å²) >= 11 is 1.51. The first-order valence-electron chi connectivity index (χ1n) is 4.72. The lowest BCUT2D eigenvalue weighted by Crippen LogP contribution is -2.31. The topological polar surface area (TPSA) is 39.6 Å². The number of aromatic hydroxyl groups is 1. The maximum atomic E-state index is 9.15. The average molecular weight is 213 g/mol. The molecule has 1 N–H and O–H groups in total. The summed E-state index contributed by atoms with van der Waals surface area (Å²) in [6.45, 7) is 2.05. The first-order chi connectivity index (χ1) is 6.66. The van der Waals surface area contributed by atoms with Crippen LogP contribution in [0.4, 0.5) is 5.13 Å². The molecular weight excluding hydrogens is 198 g/mol. The maximum absolute atomic E-state index is 9.15. The first-order valence-corrected chi connectivity index (χ1v) is 5.60. The predicted octanol–water partition coefficient (Wildman–Crippen LogP) is 0.989. The first kappa shape index (κ1) is 9.73. The van der Waals surface area contributed by atoms with Crippen molar-refractivity contribution in [2.24, 2.45) is 0 Å². The van der Waals surface area contributed by atoms with Crippen molar-refractivity contribution < 1.29 is 5.11 Å². The highest BCUT2D eigenvalue weighted by molar-refractivity contribution is 7.13. The highest BCUT2D eigenvalue weighted by atomic mass is 32.1. The molecule has 2 rings (SSSR count). The van der Waals surface area contributed by atoms with Crippen LogP contribution in [0.2, 0.25) is 0 Å². The molecular formula is C9H15N3OS. The zero-order chi connectivity index (χ0) is 10.1. The molecule has 0 radical (unpaired) electrons. The predicted molar refractivity (Wildman–Crippen MR) is 58.1 cm³/mol. The quantitative estimate of drug-likeness (QED) is 0.795. The summed E-state index contributed by atoms with van der Waals surface area (Å²) in [4.78, 5) is 8.54. The third-order valence-corrected chi connectivity index (χ3v) is 3.53. The Kier molecular flexibility index (Phi) is 2.60. The van der Waals surface area contributed by atoms with Crippen molar-refractivity contribution in [1.29, 1.82) is 0 Å². The van der Waals surface area contributed by atoms with E-state index in [1.807, 2.05) is 0 Å². The van der Waals surface area contributed by atoms with Gasteiger partial charge in [-0.25, -0.2) is 0 Å². The zero-order valence-electron chi connectivity index (χ0n) is 8.47. The molecule has 4 nitrogen and oxygen atoms in total. The Bertz CT molecular complexity index is 313. The van der Waals surface area contributed by atoms with E-state index in [0.29, 0.717) is 6.04 Å². The molecule has 1 fully saturated rings. The minimum absolute atomic E-state index is 0.137. The Morgan fingerprint density at radius 1 is 1.64 bits per heavy atom. The Labute approximate surface area is 87.8 Å². The molecule has 1 saturated heterocycles. The molecule has 5 heteroatoms. The van der Waals surface area contributed by atoms with E-state index in [9.17, 15) is 0 Å². The lowest BCUT2D eigenvalue weighted by atomic mass is 10.2. The number of hydrogen-bond donors (Lipinski definition) is 1. The largest absolute Gasteiger partial charge is 0.493 e. The Balaban J connectivity index is 2.02. The third-order valence-electron chi connectivity index (χ3n) is 2.64. The molecule has 1 aliphatic heterocycles. The van der Waals surface area contributed by atoms with Crippen LogP contribution in [0.15, 0.2) is 5.38 Å². The van der Waals surface area contributed by atoms with E-state index < -0.39 is 0 Å². The molecule has 0 unspecified atom stereocenters. The van der Waals surface area contributed by atoms with Gasteiger partial charge in [0.05, 0.1) is 5.38 Å². The summed E-state index contributed by atoms with van der Waals surface area (Å²) < 4.78 is 0. The van der Waals surface area contributed by atoms with Gasteiger partial charge in [0, 0.05) is 19.1 Å². The van der Waals surface area contributed by atoms with E-state index >= 15 is 0 Å². The highest BCUT2D eigenvalue weighted by Gasteiger charge is 2.25. The molecule has 0 aliphatic carbocycles. The Hall–Kier alpha value is -0.810. The second kappa shape index (κ2) is 3.74. The molecule has 1 aromatic rings. The maximum Gasteiger partial charge on any atom is 0.223 e. The highest BCUT2D eigenvalue weighted by Crippen LogP contribution is 2.27. The van der Waals surface area contributed by atoms with Crippen molar-refractivity contribution in [1.82, 2.24) is 9.88 Å². The molecule has 1 atom stereocenters. The van der Waals surface area contributed by atoms with Crippen LogP contribution in [0.3, 0.4) is 0 Å². The number of aromatic nitrogens is 1. The molecule has 78 valence electrons. The molecule has 0 spiro atoms. The minimum atomic E-state index is 0.137. The van der Waals surface area contributed by atoms with E-state index in [1.54, 1.807) is 5.38 Å². The number of likely N-dealkylation sites (N-methyl/N-ethyl adjacent to an activating group) is 1. The molecule has 0 saturated carbocycles. The lowest BCUT2D eigenvalue weighted by Gasteiger charge is -2.19. The average Bonchev–Trinajstić information content (AvgIpc) is 2.70. The Morgan fingerprint density at radius 2 is 2.43 bits per heavy atom. The smallest absolute Gasteiger partial charge is 0.223 e. The van der Waals surface area contributed by atoms with Crippen molar-refractivity contribution in [3.63, 3.8) is 0 Å². The standard InChI is InChI=1S/C9H15N3OS/c1-11(2)7-3-4-12(5-7)9-10-8(13)6-14-9/h6-7,13H,3-5H2,1-2H3/t7-/m1/s1. The van der Waals surface area contributed by atoms with Crippen LogP contribution >= 0.6 is 11.3 Å². The summed E-state index contributed by atoms with van der Waals surface area (Å²) in [6, 6.07) is 0.612. The fraction of sp³-hybridized carbons (Fsp3) is 0.667. The fourth-order valence-corrected chi connectivity index (χ4v) is 2.46. The summed E-state index contributed by atoms with van der Waals surface area (Å²) in [5.41, 5.74) is 0. The van der Waals surface area contributed by atoms with Crippen molar-refractivity contribution >= 4 is 16.5 Å². The van der Waals surface area contributed by atoms with Gasteiger partial charge in [-0.2, -0.15) is 4.98 Å². The van der Waals surface area contributed by atoms with Crippen LogP contribution in [0.1, 0.15) is 6.42 Å². The van der Waals surface area contributed by atoms with Gasteiger partial charge in [0.2, 0.25) is 5.88 Å². The van der Waals surface area contributed by atoms with E-state index in [-0.39, 0.29) is 5.88 Å². The molecule has 2 heterocycles. The second-order valence-electron chi connectivity index (χ2n) is 3.84. The van der Waals surface area contributed by atoms with Gasteiger partial charge in [0.1, 0.15) is 0 Å². The number of hydrogen-bond acceptors (Lipinski definition) is 5. The van der Waals surface area contributed by atoms with E-state index in [0.717, 1.165) is 18.2 Å². The molecule has 0 bridgehead atoms. The van der Waals surface area contributed by atoms with E-state index in [1.165, 1.54) is 17.8 Å². The molecule has 0 aromatic carbocycles. The van der Waals surface area contributed by atoms with Crippen LogP contribution in [0.25, 0.3) is 0 Å². The minimum Gasteiger partial charge on any atom is -0.493 e. The molecule has 0 amide bonds. The van der Waals surface area contributed by atoms with Gasteiger partial charge in [-0.1, -0.05) is 0 Å². The van der Waals surface area contributed by atoms with Gasteiger partial charge in [0.25, 0.3) is 0 Å². The number of thiazole rings is 1. The van der Waals surface area contributed by atoms with Gasteiger partial charge in [-0.15, -0.1) is 11.3 Å². The second-order valence-corrected chi connectivity index (χ2v) is 4.68. The van der Waals surface area contributed by atoms with E-state index in [2.05, 4.69) is 28.9 Å². The van der Waals surface area contributed by atoms with Gasteiger partial charge >= 0.3 is 0 Å². The number of nitrogens with zero attached hydrogens (tertiary/aromatic N) is 3. The van der Waals surface area contributed by atoms with E-state index in [4.69, 9.17) is 5.11 Å². The lowest BCUT2D eigenvalue weighted by molar-refractivity contribution is 0.315. The monoisotopic (exact) mass is 213 g/mol. The van der Waals surface area contributed by atoms with Crippen LogP contribution in [-0.4, -0.2) is 48.2 Å². The fourth-order valence-electron chi connectivity index (χ4n) is 1.74. The van der Waals surface area contributed by atoms with Gasteiger partial charge in [0.15, 0.2) is 5.13 Å². The van der Waals surface area contributed by atoms with Gasteiger partial charge < -0.3 is 14.9 Å². The SMILES string of the molecule is CN(C)[C@@H]1CCN(c2nc(O)cs2)C1. The van der Waals surface area contributed by atoms with Crippen molar-refractivity contribution in [2.45, 2.75) is 12.5 Å². The van der Waals surface area contributed by atoms with Gasteiger partial charge in [-0.3, -0.25) is 0 Å². The van der Waals surface area contributed by atoms with Crippen molar-refractivity contribution in [3.05, 3.63) is 5.38 Å². The van der Waals surface area contributed by atoms with Crippen molar-refractivity contribution in [2.75, 3.05) is 32.1 Å². The van der Waals surface area contributed by atoms with Crippen LogP contribution < -0.4 is 4.90 Å². The summed E-state index contributed by atoms with van der Waals surface area (Å²) in [7, 11) is 4.21. The molecule has 14 heavy (non-hydrogen) atoms. The van der Waals surface area contributed by atoms with Gasteiger partial charge in [-0.05, 0) is 20.5 Å². The number of rotatable bonds is 2. The summed E-state index contributed by atoms with van der Waals surface area (Å²) in [5, 5.41) is 11.8. The normalized spacial score (nSPS) is 22.2. The van der Waals surface area contributed by atoms with Crippen LogP contribution in [0, 0.1) is 0 Å². The van der Waals surface area contributed by atoms with Crippen LogP contribution in [0.5, 0.6) is 5.88 Å². The Morgan fingerprint density at radius 3 is 2.93 bits per heavy atom. The summed E-state index contributed by atoms with van der Waals surface area (Å²) in [6.07, 6.45) is 1.17. The molecule has 1 aromatic heterocycles. The number of anilines is 1.